The molecule has 8 heteroatoms. The second-order valence-electron chi connectivity index (χ2n) is 5.97. The van der Waals surface area contributed by atoms with Gasteiger partial charge >= 0.3 is 0 Å². The van der Waals surface area contributed by atoms with E-state index in [0.29, 0.717) is 24.2 Å². The van der Waals surface area contributed by atoms with Crippen LogP contribution in [0.2, 0.25) is 0 Å². The number of para-hydroxylation sites is 2. The fourth-order valence-electron chi connectivity index (χ4n) is 3.08. The van der Waals surface area contributed by atoms with Crippen molar-refractivity contribution in [1.29, 1.82) is 0 Å². The number of hydrogen-bond acceptors (Lipinski definition) is 4. The number of hydrogen-bond donors (Lipinski definition) is 1. The first-order valence-electron chi connectivity index (χ1n) is 7.77. The molecule has 3 aromatic rings. The lowest BCUT2D eigenvalue weighted by Crippen LogP contribution is -2.27. The SMILES string of the molecule is CS(=O)(=O)N1CCc2cc(C(=O)Nn3cnc4ccccc43)ccc21. The van der Waals surface area contributed by atoms with Crippen LogP contribution < -0.4 is 9.73 Å². The Morgan fingerprint density at radius 1 is 1.20 bits per heavy atom. The molecule has 128 valence electrons. The number of nitrogens with zero attached hydrogens (tertiary/aromatic N) is 3. The van der Waals surface area contributed by atoms with Gasteiger partial charge in [-0.05, 0) is 42.3 Å². The second-order valence-corrected chi connectivity index (χ2v) is 7.88. The molecule has 0 unspecified atom stereocenters. The number of carbonyl (C=O) groups excluding carboxylic acids is 1. The van der Waals surface area contributed by atoms with Gasteiger partial charge in [0.15, 0.2) is 0 Å². The van der Waals surface area contributed by atoms with E-state index >= 15 is 0 Å². The van der Waals surface area contributed by atoms with Gasteiger partial charge in [0.05, 0.1) is 23.0 Å². The minimum atomic E-state index is -3.29. The molecule has 2 aromatic carbocycles. The van der Waals surface area contributed by atoms with Crippen molar-refractivity contribution in [2.75, 3.05) is 22.5 Å². The molecule has 0 saturated carbocycles. The van der Waals surface area contributed by atoms with Crippen LogP contribution in [-0.2, 0) is 16.4 Å². The van der Waals surface area contributed by atoms with Crippen LogP contribution in [0.25, 0.3) is 11.0 Å². The highest BCUT2D eigenvalue weighted by Crippen LogP contribution is 2.30. The summed E-state index contributed by atoms with van der Waals surface area (Å²) in [6.07, 6.45) is 3.34. The smallest absolute Gasteiger partial charge is 0.270 e. The molecule has 2 heterocycles. The largest absolute Gasteiger partial charge is 0.270 e. The van der Waals surface area contributed by atoms with E-state index in [0.717, 1.165) is 16.6 Å². The first-order chi connectivity index (χ1) is 11.9. The first-order valence-corrected chi connectivity index (χ1v) is 9.62. The Balaban J connectivity index is 1.62. The third-order valence-electron chi connectivity index (χ3n) is 4.27. The molecule has 7 nitrogen and oxygen atoms in total. The molecule has 0 bridgehead atoms. The fourth-order valence-corrected chi connectivity index (χ4v) is 4.04. The van der Waals surface area contributed by atoms with E-state index < -0.39 is 10.0 Å². The van der Waals surface area contributed by atoms with Gasteiger partial charge in [-0.25, -0.2) is 18.1 Å². The molecule has 0 fully saturated rings. The Morgan fingerprint density at radius 2 is 2.00 bits per heavy atom. The van der Waals surface area contributed by atoms with Crippen molar-refractivity contribution in [2.24, 2.45) is 0 Å². The monoisotopic (exact) mass is 356 g/mol. The van der Waals surface area contributed by atoms with Crippen LogP contribution in [0.5, 0.6) is 0 Å². The van der Waals surface area contributed by atoms with Crippen LogP contribution in [0.15, 0.2) is 48.8 Å². The van der Waals surface area contributed by atoms with Crippen molar-refractivity contribution >= 4 is 32.7 Å². The van der Waals surface area contributed by atoms with E-state index in [-0.39, 0.29) is 5.91 Å². The normalized spacial score (nSPS) is 13.9. The second kappa shape index (κ2) is 5.59. The molecular formula is C17H16N4O3S. The molecular weight excluding hydrogens is 340 g/mol. The van der Waals surface area contributed by atoms with E-state index in [4.69, 9.17) is 0 Å². The quantitative estimate of drug-likeness (QED) is 0.775. The highest BCUT2D eigenvalue weighted by molar-refractivity contribution is 7.92. The third kappa shape index (κ3) is 2.74. The van der Waals surface area contributed by atoms with E-state index in [1.807, 2.05) is 24.3 Å². The molecule has 1 aliphatic heterocycles. The van der Waals surface area contributed by atoms with Crippen molar-refractivity contribution in [3.8, 4) is 0 Å². The zero-order valence-corrected chi connectivity index (χ0v) is 14.3. The molecule has 0 radical (unpaired) electrons. The minimum Gasteiger partial charge on any atom is -0.270 e. The summed E-state index contributed by atoms with van der Waals surface area (Å²) in [6.45, 7) is 0.408. The van der Waals surface area contributed by atoms with Gasteiger partial charge in [0, 0.05) is 12.1 Å². The van der Waals surface area contributed by atoms with Gasteiger partial charge in [0.25, 0.3) is 5.91 Å². The van der Waals surface area contributed by atoms with Crippen molar-refractivity contribution in [1.82, 2.24) is 9.66 Å². The molecule has 4 rings (SSSR count). The number of benzene rings is 2. The number of nitrogens with one attached hydrogen (secondary N) is 1. The van der Waals surface area contributed by atoms with Gasteiger partial charge in [0.2, 0.25) is 10.0 Å². The lowest BCUT2D eigenvalue weighted by molar-refractivity contribution is 0.101. The molecule has 25 heavy (non-hydrogen) atoms. The van der Waals surface area contributed by atoms with Crippen LogP contribution in [0, 0.1) is 0 Å². The highest BCUT2D eigenvalue weighted by Gasteiger charge is 2.26. The number of imidazole rings is 1. The summed E-state index contributed by atoms with van der Waals surface area (Å²) in [4.78, 5) is 16.8. The summed E-state index contributed by atoms with van der Waals surface area (Å²) in [5.41, 5.74) is 6.37. The Bertz CT molecular complexity index is 1090. The lowest BCUT2D eigenvalue weighted by atomic mass is 10.1. The number of carbonyl (C=O) groups is 1. The van der Waals surface area contributed by atoms with Crippen LogP contribution in [0.3, 0.4) is 0 Å². The average molecular weight is 356 g/mol. The van der Waals surface area contributed by atoms with Gasteiger partial charge in [-0.15, -0.1) is 0 Å². The summed E-state index contributed by atoms with van der Waals surface area (Å²) < 4.78 is 26.5. The third-order valence-corrected chi connectivity index (χ3v) is 5.45. The summed E-state index contributed by atoms with van der Waals surface area (Å²) >= 11 is 0. The van der Waals surface area contributed by atoms with Crippen molar-refractivity contribution in [3.05, 3.63) is 59.9 Å². The summed E-state index contributed by atoms with van der Waals surface area (Å²) in [5, 5.41) is 0. The van der Waals surface area contributed by atoms with Crippen molar-refractivity contribution in [3.63, 3.8) is 0 Å². The molecule has 1 N–H and O–H groups in total. The molecule has 1 aliphatic rings. The van der Waals surface area contributed by atoms with Gasteiger partial charge in [-0.3, -0.25) is 14.5 Å². The predicted octanol–water partition coefficient (Wildman–Crippen LogP) is 1.74. The van der Waals surface area contributed by atoms with Crippen molar-refractivity contribution in [2.45, 2.75) is 6.42 Å². The number of fused-ring (bicyclic) bond motifs is 2. The Labute approximate surface area is 144 Å². The minimum absolute atomic E-state index is 0.274. The molecule has 0 saturated heterocycles. The standard InChI is InChI=1S/C17H16N4O3S/c1-25(23,24)21-9-8-12-10-13(6-7-15(12)21)17(22)19-20-11-18-14-4-2-3-5-16(14)20/h2-7,10-11H,8-9H2,1H3,(H,19,22). The van der Waals surface area contributed by atoms with Gasteiger partial charge in [0.1, 0.15) is 6.33 Å². The maximum Gasteiger partial charge on any atom is 0.270 e. The number of sulfonamides is 1. The zero-order chi connectivity index (χ0) is 17.6. The van der Waals surface area contributed by atoms with Gasteiger partial charge in [-0.1, -0.05) is 12.1 Å². The summed E-state index contributed by atoms with van der Waals surface area (Å²) in [5.74, 6) is -0.274. The fraction of sp³-hybridized carbons (Fsp3) is 0.176. The number of rotatable bonds is 3. The molecule has 1 aromatic heterocycles. The molecule has 0 spiro atoms. The summed E-state index contributed by atoms with van der Waals surface area (Å²) in [6, 6.07) is 12.6. The molecule has 0 aliphatic carbocycles. The summed E-state index contributed by atoms with van der Waals surface area (Å²) in [7, 11) is -3.29. The van der Waals surface area contributed by atoms with Crippen molar-refractivity contribution < 1.29 is 13.2 Å². The van der Waals surface area contributed by atoms with E-state index in [1.54, 1.807) is 29.2 Å². The zero-order valence-electron chi connectivity index (χ0n) is 13.5. The topological polar surface area (TPSA) is 84.3 Å². The van der Waals surface area contributed by atoms with Gasteiger partial charge in [-0.2, -0.15) is 0 Å². The van der Waals surface area contributed by atoms with E-state index in [1.165, 1.54) is 10.6 Å². The Kier molecular flexibility index (Phi) is 3.50. The Morgan fingerprint density at radius 3 is 2.80 bits per heavy atom. The van der Waals surface area contributed by atoms with Gasteiger partial charge < -0.3 is 0 Å². The van der Waals surface area contributed by atoms with E-state index in [2.05, 4.69) is 10.4 Å². The predicted molar refractivity (Wildman–Crippen MR) is 95.8 cm³/mol. The van der Waals surface area contributed by atoms with Crippen LogP contribution >= 0.6 is 0 Å². The average Bonchev–Trinajstić information content (AvgIpc) is 3.18. The lowest BCUT2D eigenvalue weighted by Gasteiger charge is -2.16. The van der Waals surface area contributed by atoms with Crippen LogP contribution in [0.4, 0.5) is 5.69 Å². The maximum atomic E-state index is 12.5. The number of amides is 1. The van der Waals surface area contributed by atoms with Crippen LogP contribution in [-0.4, -0.2) is 36.8 Å². The first kappa shape index (κ1) is 15.6. The van der Waals surface area contributed by atoms with E-state index in [9.17, 15) is 13.2 Å². The molecule has 0 atom stereocenters. The number of anilines is 1. The Hall–Kier alpha value is -2.87. The maximum absolute atomic E-state index is 12.5. The highest BCUT2D eigenvalue weighted by atomic mass is 32.2. The molecule has 1 amide bonds. The number of aromatic nitrogens is 2. The van der Waals surface area contributed by atoms with Crippen LogP contribution in [0.1, 0.15) is 15.9 Å².